The standard InChI is InChI=1S/C18H21N5O7/c1-29-15-8(2-9(25)3-10(15)26)4-19-16-12-17(21-6-20-16)23(7-22-12)18-14(28)13(27)11(5-24)30-18/h2-3,6-7,11,13-14,18,24-28H,4-5H2,1H3,(H,19,20,21)/t11-,13-,14-,18-/m1/s1. The average molecular weight is 419 g/mol. The Bertz CT molecular complexity index is 1060. The molecule has 12 heteroatoms. The van der Waals surface area contributed by atoms with E-state index in [2.05, 4.69) is 20.3 Å². The normalized spacial score (nSPS) is 23.7. The number of aromatic nitrogens is 4. The molecule has 0 aliphatic carbocycles. The van der Waals surface area contributed by atoms with Crippen LogP contribution in [0.3, 0.4) is 0 Å². The van der Waals surface area contributed by atoms with Crippen molar-refractivity contribution in [2.24, 2.45) is 0 Å². The highest BCUT2D eigenvalue weighted by molar-refractivity contribution is 5.82. The van der Waals surface area contributed by atoms with E-state index in [0.717, 1.165) is 0 Å². The second kappa shape index (κ2) is 7.91. The first-order valence-corrected chi connectivity index (χ1v) is 9.07. The molecule has 0 spiro atoms. The van der Waals surface area contributed by atoms with Crippen molar-refractivity contribution in [2.75, 3.05) is 19.0 Å². The summed E-state index contributed by atoms with van der Waals surface area (Å²) in [6, 6.07) is 2.62. The van der Waals surface area contributed by atoms with Crippen molar-refractivity contribution in [1.82, 2.24) is 19.5 Å². The molecular weight excluding hydrogens is 398 g/mol. The van der Waals surface area contributed by atoms with Crippen LogP contribution in [0.2, 0.25) is 0 Å². The molecule has 1 aromatic carbocycles. The molecule has 1 aliphatic rings. The molecule has 0 bridgehead atoms. The van der Waals surface area contributed by atoms with Gasteiger partial charge >= 0.3 is 0 Å². The Hall–Kier alpha value is -3.19. The summed E-state index contributed by atoms with van der Waals surface area (Å²) in [6.07, 6.45) is -1.73. The number of fused-ring (bicyclic) bond motifs is 1. The third kappa shape index (κ3) is 3.35. The number of phenols is 2. The lowest BCUT2D eigenvalue weighted by atomic mass is 10.1. The Morgan fingerprint density at radius 3 is 2.67 bits per heavy atom. The molecule has 0 saturated carbocycles. The SMILES string of the molecule is COc1c(O)cc(O)cc1CNc1ncnc2c1ncn2[C@@H]1O[C@H](CO)[C@@H](O)[C@H]1O. The maximum Gasteiger partial charge on any atom is 0.167 e. The monoisotopic (exact) mass is 419 g/mol. The van der Waals surface area contributed by atoms with E-state index >= 15 is 0 Å². The highest BCUT2D eigenvalue weighted by Crippen LogP contribution is 2.35. The molecular formula is C18H21N5O7. The Morgan fingerprint density at radius 1 is 1.17 bits per heavy atom. The molecule has 0 unspecified atom stereocenters. The fourth-order valence-corrected chi connectivity index (χ4v) is 3.48. The molecule has 3 heterocycles. The molecule has 12 nitrogen and oxygen atoms in total. The van der Waals surface area contributed by atoms with E-state index < -0.39 is 31.1 Å². The number of methoxy groups -OCH3 is 1. The van der Waals surface area contributed by atoms with Crippen LogP contribution in [0.1, 0.15) is 11.8 Å². The molecule has 1 saturated heterocycles. The summed E-state index contributed by atoms with van der Waals surface area (Å²) in [6.45, 7) is -0.292. The molecule has 160 valence electrons. The van der Waals surface area contributed by atoms with Gasteiger partial charge in [-0.05, 0) is 6.07 Å². The lowest BCUT2D eigenvalue weighted by Crippen LogP contribution is -2.33. The van der Waals surface area contributed by atoms with Crippen molar-refractivity contribution in [2.45, 2.75) is 31.1 Å². The number of imidazole rings is 1. The van der Waals surface area contributed by atoms with Crippen molar-refractivity contribution in [3.05, 3.63) is 30.4 Å². The second-order valence-corrected chi connectivity index (χ2v) is 6.79. The van der Waals surface area contributed by atoms with Crippen LogP contribution in [0.5, 0.6) is 17.2 Å². The van der Waals surface area contributed by atoms with Gasteiger partial charge in [0.1, 0.15) is 30.4 Å². The first-order valence-electron chi connectivity index (χ1n) is 9.07. The molecule has 6 N–H and O–H groups in total. The van der Waals surface area contributed by atoms with Crippen LogP contribution in [-0.2, 0) is 11.3 Å². The molecule has 1 fully saturated rings. The number of benzene rings is 1. The summed E-state index contributed by atoms with van der Waals surface area (Å²) in [5.41, 5.74) is 1.20. The van der Waals surface area contributed by atoms with Gasteiger partial charge in [-0.2, -0.15) is 0 Å². The number of nitrogens with zero attached hydrogens (tertiary/aromatic N) is 4. The zero-order chi connectivity index (χ0) is 21.4. The molecule has 0 radical (unpaired) electrons. The first kappa shape index (κ1) is 20.1. The quantitative estimate of drug-likeness (QED) is 0.303. The number of phenolic OH excluding ortho intramolecular Hbond substituents is 2. The van der Waals surface area contributed by atoms with Crippen molar-refractivity contribution in [3.8, 4) is 17.2 Å². The predicted octanol–water partition coefficient (Wildman–Crippen LogP) is -0.530. The van der Waals surface area contributed by atoms with Gasteiger partial charge in [-0.1, -0.05) is 0 Å². The van der Waals surface area contributed by atoms with Gasteiger partial charge in [-0.15, -0.1) is 0 Å². The van der Waals surface area contributed by atoms with Crippen LogP contribution in [0.15, 0.2) is 24.8 Å². The van der Waals surface area contributed by atoms with Gasteiger partial charge in [0, 0.05) is 18.2 Å². The fourth-order valence-electron chi connectivity index (χ4n) is 3.48. The van der Waals surface area contributed by atoms with E-state index in [0.29, 0.717) is 22.5 Å². The third-order valence-corrected chi connectivity index (χ3v) is 4.93. The van der Waals surface area contributed by atoms with Crippen molar-refractivity contribution in [1.29, 1.82) is 0 Å². The van der Waals surface area contributed by atoms with Gasteiger partial charge < -0.3 is 40.3 Å². The van der Waals surface area contributed by atoms with Crippen LogP contribution in [0.4, 0.5) is 5.82 Å². The first-order chi connectivity index (χ1) is 14.4. The number of aromatic hydroxyl groups is 2. The molecule has 4 atom stereocenters. The minimum Gasteiger partial charge on any atom is -0.508 e. The fraction of sp³-hybridized carbons (Fsp3) is 0.389. The maximum atomic E-state index is 10.3. The Labute approximate surface area is 170 Å². The summed E-state index contributed by atoms with van der Waals surface area (Å²) in [4.78, 5) is 12.6. The molecule has 30 heavy (non-hydrogen) atoms. The minimum atomic E-state index is -1.27. The van der Waals surface area contributed by atoms with Gasteiger partial charge in [-0.3, -0.25) is 4.57 Å². The van der Waals surface area contributed by atoms with Crippen molar-refractivity contribution in [3.63, 3.8) is 0 Å². The Morgan fingerprint density at radius 2 is 1.97 bits per heavy atom. The smallest absolute Gasteiger partial charge is 0.167 e. The lowest BCUT2D eigenvalue weighted by molar-refractivity contribution is -0.0511. The minimum absolute atomic E-state index is 0.119. The van der Waals surface area contributed by atoms with Gasteiger partial charge in [0.2, 0.25) is 0 Å². The summed E-state index contributed by atoms with van der Waals surface area (Å²) < 4.78 is 12.2. The largest absolute Gasteiger partial charge is 0.508 e. The van der Waals surface area contributed by atoms with Crippen LogP contribution in [0, 0.1) is 0 Å². The zero-order valence-electron chi connectivity index (χ0n) is 15.9. The van der Waals surface area contributed by atoms with E-state index in [1.165, 1.54) is 36.5 Å². The van der Waals surface area contributed by atoms with Crippen LogP contribution >= 0.6 is 0 Å². The summed E-state index contributed by atoms with van der Waals surface area (Å²) in [5.74, 6) is 0.250. The number of aliphatic hydroxyl groups excluding tert-OH is 3. The third-order valence-electron chi connectivity index (χ3n) is 4.93. The van der Waals surface area contributed by atoms with E-state index in [1.807, 2.05) is 0 Å². The van der Waals surface area contributed by atoms with Gasteiger partial charge in [0.15, 0.2) is 34.7 Å². The van der Waals surface area contributed by atoms with Gasteiger partial charge in [0.25, 0.3) is 0 Å². The number of hydrogen-bond donors (Lipinski definition) is 6. The zero-order valence-corrected chi connectivity index (χ0v) is 15.9. The van der Waals surface area contributed by atoms with E-state index in [1.54, 1.807) is 0 Å². The lowest BCUT2D eigenvalue weighted by Gasteiger charge is -2.16. The number of nitrogens with one attached hydrogen (secondary N) is 1. The topological polar surface area (TPSA) is 175 Å². The van der Waals surface area contributed by atoms with Gasteiger partial charge in [0.05, 0.1) is 20.0 Å². The van der Waals surface area contributed by atoms with Crippen LogP contribution in [0.25, 0.3) is 11.2 Å². The summed E-state index contributed by atoms with van der Waals surface area (Å²) in [7, 11) is 1.40. The average Bonchev–Trinajstić information content (AvgIpc) is 3.27. The number of rotatable bonds is 6. The number of aliphatic hydroxyl groups is 3. The Kier molecular flexibility index (Phi) is 5.30. The highest BCUT2D eigenvalue weighted by atomic mass is 16.6. The van der Waals surface area contributed by atoms with Gasteiger partial charge in [-0.25, -0.2) is 15.0 Å². The molecule has 1 aliphatic heterocycles. The number of ether oxygens (including phenoxy) is 2. The summed E-state index contributed by atoms with van der Waals surface area (Å²) in [5, 5.41) is 52.3. The van der Waals surface area contributed by atoms with Crippen molar-refractivity contribution >= 4 is 17.0 Å². The highest BCUT2D eigenvalue weighted by Gasteiger charge is 2.44. The van der Waals surface area contributed by atoms with E-state index in [4.69, 9.17) is 9.47 Å². The van der Waals surface area contributed by atoms with Crippen molar-refractivity contribution < 1.29 is 35.0 Å². The van der Waals surface area contributed by atoms with Crippen LogP contribution in [-0.4, -0.2) is 77.1 Å². The predicted molar refractivity (Wildman–Crippen MR) is 102 cm³/mol. The maximum absolute atomic E-state index is 10.3. The number of hydrogen-bond acceptors (Lipinski definition) is 11. The van der Waals surface area contributed by atoms with E-state index in [9.17, 15) is 25.5 Å². The molecule has 3 aromatic rings. The molecule has 4 rings (SSSR count). The van der Waals surface area contributed by atoms with Crippen LogP contribution < -0.4 is 10.1 Å². The molecule has 2 aromatic heterocycles. The number of anilines is 1. The molecule has 0 amide bonds. The van der Waals surface area contributed by atoms with E-state index in [-0.39, 0.29) is 23.8 Å². The Balaban J connectivity index is 1.62. The summed E-state index contributed by atoms with van der Waals surface area (Å²) >= 11 is 0. The second-order valence-electron chi connectivity index (χ2n) is 6.79.